The molecule has 1 heterocycles. The maximum atomic E-state index is 12.5. The Kier molecular flexibility index (Phi) is 6.26. The molecule has 0 aliphatic rings. The predicted octanol–water partition coefficient (Wildman–Crippen LogP) is 2.30. The van der Waals surface area contributed by atoms with E-state index in [2.05, 4.69) is 15.2 Å². The molecule has 1 amide bonds. The van der Waals surface area contributed by atoms with Crippen LogP contribution in [0.3, 0.4) is 0 Å². The van der Waals surface area contributed by atoms with Gasteiger partial charge < -0.3 is 9.84 Å². The summed E-state index contributed by atoms with van der Waals surface area (Å²) in [4.78, 5) is 11.7. The van der Waals surface area contributed by atoms with Crippen LogP contribution in [0.1, 0.15) is 29.0 Å². The van der Waals surface area contributed by atoms with Crippen molar-refractivity contribution < 1.29 is 30.9 Å². The van der Waals surface area contributed by atoms with Crippen LogP contribution in [-0.4, -0.2) is 26.0 Å². The highest BCUT2D eigenvalue weighted by atomic mass is 32.2. The monoisotopic (exact) mass is 405 g/mol. The van der Waals surface area contributed by atoms with Crippen molar-refractivity contribution in [1.29, 1.82) is 0 Å². The van der Waals surface area contributed by atoms with Crippen LogP contribution < -0.4 is 10.0 Å². The highest BCUT2D eigenvalue weighted by Crippen LogP contribution is 2.29. The number of aromatic nitrogens is 1. The van der Waals surface area contributed by atoms with Gasteiger partial charge >= 0.3 is 6.18 Å². The summed E-state index contributed by atoms with van der Waals surface area (Å²) in [7, 11) is -3.85. The molecule has 2 N–H and O–H groups in total. The highest BCUT2D eigenvalue weighted by molar-refractivity contribution is 7.89. The minimum Gasteiger partial charge on any atom is -0.360 e. The third-order valence-corrected chi connectivity index (χ3v) is 5.36. The van der Waals surface area contributed by atoms with E-state index < -0.39 is 27.7 Å². The number of hydrogen-bond donors (Lipinski definition) is 2. The number of amides is 1. The number of nitrogens with one attached hydrogen (secondary N) is 2. The Labute approximate surface area is 154 Å². The smallest absolute Gasteiger partial charge is 0.360 e. The lowest BCUT2D eigenvalue weighted by Crippen LogP contribution is -2.31. The Morgan fingerprint density at radius 1 is 1.19 bits per heavy atom. The quantitative estimate of drug-likeness (QED) is 0.736. The summed E-state index contributed by atoms with van der Waals surface area (Å²) >= 11 is 0. The molecule has 1 aromatic carbocycles. The van der Waals surface area contributed by atoms with Gasteiger partial charge in [-0.2, -0.15) is 13.2 Å². The zero-order valence-corrected chi connectivity index (χ0v) is 15.4. The molecule has 0 saturated heterocycles. The van der Waals surface area contributed by atoms with Crippen LogP contribution in [-0.2, 0) is 27.5 Å². The van der Waals surface area contributed by atoms with Crippen LogP contribution in [0.2, 0.25) is 0 Å². The molecule has 0 aliphatic carbocycles. The van der Waals surface area contributed by atoms with Crippen molar-refractivity contribution >= 4 is 15.9 Å². The standard InChI is InChI=1S/C16H18F3N3O4S/c1-10-15(11(2)26-22-10)27(24,25)21-8-7-14(23)20-9-12-3-5-13(6-4-12)16(17,18)19/h3-6,21H,7-9H2,1-2H3,(H,20,23). The van der Waals surface area contributed by atoms with Crippen molar-refractivity contribution in [2.24, 2.45) is 0 Å². The Morgan fingerprint density at radius 2 is 1.81 bits per heavy atom. The third-order valence-electron chi connectivity index (χ3n) is 3.65. The fourth-order valence-corrected chi connectivity index (χ4v) is 3.69. The van der Waals surface area contributed by atoms with Crippen LogP contribution >= 0.6 is 0 Å². The summed E-state index contributed by atoms with van der Waals surface area (Å²) in [5.74, 6) is -0.303. The maximum absolute atomic E-state index is 12.5. The van der Waals surface area contributed by atoms with Gasteiger partial charge in [0, 0.05) is 19.5 Å². The zero-order chi connectivity index (χ0) is 20.2. The second-order valence-electron chi connectivity index (χ2n) is 5.77. The first kappa shape index (κ1) is 20.9. The predicted molar refractivity (Wildman–Crippen MR) is 89.1 cm³/mol. The molecule has 27 heavy (non-hydrogen) atoms. The van der Waals surface area contributed by atoms with Gasteiger partial charge in [-0.1, -0.05) is 17.3 Å². The molecule has 0 unspecified atom stereocenters. The number of sulfonamides is 1. The number of rotatable bonds is 7. The summed E-state index contributed by atoms with van der Waals surface area (Å²) in [6.07, 6.45) is -4.55. The van der Waals surface area contributed by atoms with Crippen molar-refractivity contribution in [3.05, 3.63) is 46.8 Å². The number of alkyl halides is 3. The number of aryl methyl sites for hydroxylation is 2. The minimum atomic E-state index is -4.42. The maximum Gasteiger partial charge on any atom is 0.416 e. The SMILES string of the molecule is Cc1noc(C)c1S(=O)(=O)NCCC(=O)NCc1ccc(C(F)(F)F)cc1. The molecule has 0 bridgehead atoms. The fraction of sp³-hybridized carbons (Fsp3) is 0.375. The lowest BCUT2D eigenvalue weighted by molar-refractivity contribution is -0.137. The highest BCUT2D eigenvalue weighted by Gasteiger charge is 2.30. The molecular weight excluding hydrogens is 387 g/mol. The molecule has 0 atom stereocenters. The first-order valence-corrected chi connectivity index (χ1v) is 9.34. The van der Waals surface area contributed by atoms with Gasteiger partial charge in [-0.15, -0.1) is 0 Å². The van der Waals surface area contributed by atoms with Crippen molar-refractivity contribution in [3.8, 4) is 0 Å². The Bertz CT molecular complexity index is 886. The second kappa shape index (κ2) is 8.09. The number of benzene rings is 1. The van der Waals surface area contributed by atoms with Gasteiger partial charge in [0.15, 0.2) is 5.76 Å². The van der Waals surface area contributed by atoms with Gasteiger partial charge in [-0.3, -0.25) is 4.79 Å². The van der Waals surface area contributed by atoms with Gasteiger partial charge in [0.05, 0.1) is 5.56 Å². The van der Waals surface area contributed by atoms with E-state index in [0.29, 0.717) is 5.56 Å². The van der Waals surface area contributed by atoms with E-state index in [1.165, 1.54) is 26.0 Å². The number of nitrogens with zero attached hydrogens (tertiary/aromatic N) is 1. The topological polar surface area (TPSA) is 101 Å². The van der Waals surface area contributed by atoms with E-state index in [1.807, 2.05) is 0 Å². The molecule has 11 heteroatoms. The van der Waals surface area contributed by atoms with Crippen molar-refractivity contribution in [2.75, 3.05) is 6.54 Å². The lowest BCUT2D eigenvalue weighted by atomic mass is 10.1. The summed E-state index contributed by atoms with van der Waals surface area (Å²) in [5, 5.41) is 6.08. The summed E-state index contributed by atoms with van der Waals surface area (Å²) in [6.45, 7) is 2.84. The van der Waals surface area contributed by atoms with Gasteiger partial charge in [0.2, 0.25) is 15.9 Å². The van der Waals surface area contributed by atoms with Gasteiger partial charge in [-0.05, 0) is 31.5 Å². The molecule has 0 saturated carbocycles. The average Bonchev–Trinajstić information content (AvgIpc) is 2.92. The Hall–Kier alpha value is -2.40. The molecule has 2 aromatic rings. The van der Waals surface area contributed by atoms with Crippen LogP contribution in [0, 0.1) is 13.8 Å². The number of hydrogen-bond acceptors (Lipinski definition) is 5. The molecular formula is C16H18F3N3O4S. The molecule has 0 aliphatic heterocycles. The van der Waals surface area contributed by atoms with E-state index in [1.54, 1.807) is 0 Å². The zero-order valence-electron chi connectivity index (χ0n) is 14.6. The van der Waals surface area contributed by atoms with Crippen LogP contribution in [0.4, 0.5) is 13.2 Å². The fourth-order valence-electron chi connectivity index (χ4n) is 2.33. The van der Waals surface area contributed by atoms with E-state index >= 15 is 0 Å². The average molecular weight is 405 g/mol. The number of carbonyl (C=O) groups excluding carboxylic acids is 1. The minimum absolute atomic E-state index is 0.0353. The third kappa shape index (κ3) is 5.54. The van der Waals surface area contributed by atoms with E-state index in [-0.39, 0.29) is 35.9 Å². The van der Waals surface area contributed by atoms with Crippen LogP contribution in [0.15, 0.2) is 33.7 Å². The summed E-state index contributed by atoms with van der Waals surface area (Å²) < 4.78 is 68.9. The van der Waals surface area contributed by atoms with Crippen molar-refractivity contribution in [3.63, 3.8) is 0 Å². The first-order chi connectivity index (χ1) is 12.5. The normalized spacial score (nSPS) is 12.2. The molecule has 0 radical (unpaired) electrons. The van der Waals surface area contributed by atoms with Crippen LogP contribution in [0.25, 0.3) is 0 Å². The summed E-state index contributed by atoms with van der Waals surface area (Å²) in [5.41, 5.74) is -0.0642. The van der Waals surface area contributed by atoms with E-state index in [9.17, 15) is 26.4 Å². The van der Waals surface area contributed by atoms with Crippen molar-refractivity contribution in [2.45, 2.75) is 37.9 Å². The molecule has 1 aromatic heterocycles. The molecule has 148 valence electrons. The van der Waals surface area contributed by atoms with E-state index in [0.717, 1.165) is 12.1 Å². The van der Waals surface area contributed by atoms with Gasteiger partial charge in [0.25, 0.3) is 0 Å². The lowest BCUT2D eigenvalue weighted by Gasteiger charge is -2.09. The largest absolute Gasteiger partial charge is 0.416 e. The Morgan fingerprint density at radius 3 is 2.33 bits per heavy atom. The number of carbonyl (C=O) groups is 1. The van der Waals surface area contributed by atoms with Gasteiger partial charge in [0.1, 0.15) is 10.6 Å². The van der Waals surface area contributed by atoms with Crippen LogP contribution in [0.5, 0.6) is 0 Å². The second-order valence-corrected chi connectivity index (χ2v) is 7.48. The molecule has 7 nitrogen and oxygen atoms in total. The number of halogens is 3. The molecule has 0 fully saturated rings. The summed E-state index contributed by atoms with van der Waals surface area (Å²) in [6, 6.07) is 4.39. The molecule has 2 rings (SSSR count). The molecule has 0 spiro atoms. The van der Waals surface area contributed by atoms with E-state index in [4.69, 9.17) is 4.52 Å². The van der Waals surface area contributed by atoms with Crippen molar-refractivity contribution in [1.82, 2.24) is 15.2 Å². The van der Waals surface area contributed by atoms with Gasteiger partial charge in [-0.25, -0.2) is 13.1 Å². The first-order valence-electron chi connectivity index (χ1n) is 7.86. The Balaban J connectivity index is 1.81.